The van der Waals surface area contributed by atoms with E-state index < -0.39 is 0 Å². The van der Waals surface area contributed by atoms with Crippen LogP contribution in [0.3, 0.4) is 0 Å². The van der Waals surface area contributed by atoms with Gasteiger partial charge in [-0.05, 0) is 18.6 Å². The molecule has 1 heterocycles. The summed E-state index contributed by atoms with van der Waals surface area (Å²) in [4.78, 5) is 26.0. The molecule has 1 aliphatic rings. The normalized spacial score (nSPS) is 14.4. The maximum absolute atomic E-state index is 12.1. The van der Waals surface area contributed by atoms with Gasteiger partial charge in [-0.15, -0.1) is 0 Å². The van der Waals surface area contributed by atoms with E-state index in [9.17, 15) is 9.59 Å². The number of nitrogens with one attached hydrogen (secondary N) is 2. The topological polar surface area (TPSA) is 70.7 Å². The fraction of sp³-hybridized carbons (Fsp3) is 0.529. The van der Waals surface area contributed by atoms with E-state index in [0.717, 1.165) is 37.3 Å². The summed E-state index contributed by atoms with van der Waals surface area (Å²) in [6.07, 6.45) is 1.79. The Morgan fingerprint density at radius 3 is 2.65 bits per heavy atom. The van der Waals surface area contributed by atoms with E-state index in [4.69, 9.17) is 4.74 Å². The Bertz CT molecular complexity index is 528. The number of morpholine rings is 1. The van der Waals surface area contributed by atoms with Gasteiger partial charge in [0.1, 0.15) is 6.42 Å². The van der Waals surface area contributed by atoms with E-state index in [1.807, 2.05) is 24.3 Å². The smallest absolute Gasteiger partial charge is 0.233 e. The van der Waals surface area contributed by atoms with Gasteiger partial charge in [0.05, 0.1) is 24.6 Å². The van der Waals surface area contributed by atoms with Crippen LogP contribution in [0.5, 0.6) is 0 Å². The maximum atomic E-state index is 12.1. The standard InChI is InChI=1S/C17H25N3O3/c1-2-3-8-18-16(21)13-17(22)19-14-6-4-5-7-15(14)20-9-11-23-12-10-20/h4-7H,2-3,8-13H2,1H3,(H,18,21)(H,19,22). The van der Waals surface area contributed by atoms with Crippen molar-refractivity contribution in [1.82, 2.24) is 5.32 Å². The molecule has 6 nitrogen and oxygen atoms in total. The number of unbranched alkanes of at least 4 members (excludes halogenated alkanes) is 1. The maximum Gasteiger partial charge on any atom is 0.233 e. The van der Waals surface area contributed by atoms with Gasteiger partial charge in [0.2, 0.25) is 11.8 Å². The number of carbonyl (C=O) groups excluding carboxylic acids is 2. The van der Waals surface area contributed by atoms with E-state index >= 15 is 0 Å². The molecular weight excluding hydrogens is 294 g/mol. The summed E-state index contributed by atoms with van der Waals surface area (Å²) >= 11 is 0. The first-order valence-corrected chi connectivity index (χ1v) is 8.19. The van der Waals surface area contributed by atoms with Crippen molar-refractivity contribution in [3.63, 3.8) is 0 Å². The fourth-order valence-corrected chi connectivity index (χ4v) is 2.47. The summed E-state index contributed by atoms with van der Waals surface area (Å²) in [5.74, 6) is -0.528. The highest BCUT2D eigenvalue weighted by Crippen LogP contribution is 2.26. The van der Waals surface area contributed by atoms with Crippen LogP contribution in [0.2, 0.25) is 0 Å². The lowest BCUT2D eigenvalue weighted by atomic mass is 10.2. The molecule has 2 amide bonds. The van der Waals surface area contributed by atoms with Crippen LogP contribution in [0.1, 0.15) is 26.2 Å². The molecule has 0 bridgehead atoms. The summed E-state index contributed by atoms with van der Waals surface area (Å²) < 4.78 is 5.36. The summed E-state index contributed by atoms with van der Waals surface area (Å²) in [6.45, 7) is 5.63. The number of hydrogen-bond donors (Lipinski definition) is 2. The molecule has 0 atom stereocenters. The number of amides is 2. The predicted octanol–water partition coefficient (Wildman–Crippen LogP) is 1.77. The second kappa shape index (κ2) is 9.15. The van der Waals surface area contributed by atoms with Crippen LogP contribution >= 0.6 is 0 Å². The van der Waals surface area contributed by atoms with Crippen LogP contribution in [0.15, 0.2) is 24.3 Å². The monoisotopic (exact) mass is 319 g/mol. The van der Waals surface area contributed by atoms with Gasteiger partial charge < -0.3 is 20.3 Å². The molecule has 2 N–H and O–H groups in total. The summed E-state index contributed by atoms with van der Waals surface area (Å²) in [5, 5.41) is 5.60. The molecular formula is C17H25N3O3. The first kappa shape index (κ1) is 17.3. The van der Waals surface area contributed by atoms with Gasteiger partial charge in [-0.3, -0.25) is 9.59 Å². The van der Waals surface area contributed by atoms with Crippen LogP contribution in [-0.4, -0.2) is 44.7 Å². The molecule has 1 fully saturated rings. The molecule has 2 rings (SSSR count). The number of rotatable bonds is 7. The van der Waals surface area contributed by atoms with Gasteiger partial charge in [0, 0.05) is 19.6 Å². The molecule has 0 aromatic heterocycles. The fourth-order valence-electron chi connectivity index (χ4n) is 2.47. The highest BCUT2D eigenvalue weighted by atomic mass is 16.5. The summed E-state index contributed by atoms with van der Waals surface area (Å²) in [6, 6.07) is 7.65. The van der Waals surface area contributed by atoms with E-state index in [1.54, 1.807) is 0 Å². The second-order valence-electron chi connectivity index (χ2n) is 5.55. The van der Waals surface area contributed by atoms with Crippen molar-refractivity contribution in [2.24, 2.45) is 0 Å². The van der Waals surface area contributed by atoms with Crippen molar-refractivity contribution in [1.29, 1.82) is 0 Å². The van der Waals surface area contributed by atoms with Crippen molar-refractivity contribution >= 4 is 23.2 Å². The van der Waals surface area contributed by atoms with E-state index in [1.165, 1.54) is 0 Å². The molecule has 1 saturated heterocycles. The number of para-hydroxylation sites is 2. The molecule has 0 saturated carbocycles. The van der Waals surface area contributed by atoms with E-state index in [2.05, 4.69) is 22.5 Å². The third kappa shape index (κ3) is 5.56. The van der Waals surface area contributed by atoms with Gasteiger partial charge in [0.25, 0.3) is 0 Å². The zero-order valence-corrected chi connectivity index (χ0v) is 13.6. The first-order chi connectivity index (χ1) is 11.2. The number of anilines is 2. The summed E-state index contributed by atoms with van der Waals surface area (Å²) in [7, 11) is 0. The Kier molecular flexibility index (Phi) is 6.87. The third-order valence-electron chi connectivity index (χ3n) is 3.70. The van der Waals surface area contributed by atoms with Gasteiger partial charge in [0.15, 0.2) is 0 Å². The van der Waals surface area contributed by atoms with Crippen molar-refractivity contribution in [3.8, 4) is 0 Å². The first-order valence-electron chi connectivity index (χ1n) is 8.19. The van der Waals surface area contributed by atoms with Crippen LogP contribution in [0.25, 0.3) is 0 Å². The van der Waals surface area contributed by atoms with E-state index in [-0.39, 0.29) is 18.2 Å². The zero-order valence-electron chi connectivity index (χ0n) is 13.6. The highest BCUT2D eigenvalue weighted by molar-refractivity contribution is 6.04. The minimum Gasteiger partial charge on any atom is -0.378 e. The molecule has 6 heteroatoms. The Hall–Kier alpha value is -2.08. The van der Waals surface area contributed by atoms with Crippen molar-refractivity contribution in [2.75, 3.05) is 43.1 Å². The average Bonchev–Trinajstić information content (AvgIpc) is 2.56. The summed E-state index contributed by atoms with van der Waals surface area (Å²) in [5.41, 5.74) is 1.70. The minimum absolute atomic E-state index is 0.152. The lowest BCUT2D eigenvalue weighted by Gasteiger charge is -2.30. The van der Waals surface area contributed by atoms with Crippen LogP contribution < -0.4 is 15.5 Å². The zero-order chi connectivity index (χ0) is 16.5. The Labute approximate surface area is 137 Å². The minimum atomic E-state index is -0.292. The average molecular weight is 319 g/mol. The molecule has 1 aliphatic heterocycles. The van der Waals surface area contributed by atoms with Gasteiger partial charge >= 0.3 is 0 Å². The Morgan fingerprint density at radius 2 is 1.91 bits per heavy atom. The largest absolute Gasteiger partial charge is 0.378 e. The highest BCUT2D eigenvalue weighted by Gasteiger charge is 2.16. The third-order valence-corrected chi connectivity index (χ3v) is 3.70. The molecule has 0 unspecified atom stereocenters. The number of carbonyl (C=O) groups is 2. The van der Waals surface area contributed by atoms with Crippen LogP contribution in [0.4, 0.5) is 11.4 Å². The van der Waals surface area contributed by atoms with Crippen molar-refractivity contribution in [2.45, 2.75) is 26.2 Å². The van der Waals surface area contributed by atoms with Crippen LogP contribution in [-0.2, 0) is 14.3 Å². The van der Waals surface area contributed by atoms with Gasteiger partial charge in [-0.2, -0.15) is 0 Å². The SMILES string of the molecule is CCCCNC(=O)CC(=O)Nc1ccccc1N1CCOCC1. The van der Waals surface area contributed by atoms with Gasteiger partial charge in [-0.25, -0.2) is 0 Å². The predicted molar refractivity (Wildman–Crippen MR) is 90.6 cm³/mol. The van der Waals surface area contributed by atoms with Crippen molar-refractivity contribution in [3.05, 3.63) is 24.3 Å². The molecule has 126 valence electrons. The molecule has 0 spiro atoms. The van der Waals surface area contributed by atoms with E-state index in [0.29, 0.717) is 19.8 Å². The number of benzene rings is 1. The Balaban J connectivity index is 1.91. The molecule has 1 aromatic carbocycles. The number of ether oxygens (including phenoxy) is 1. The Morgan fingerprint density at radius 1 is 1.17 bits per heavy atom. The molecule has 23 heavy (non-hydrogen) atoms. The lowest BCUT2D eigenvalue weighted by Crippen LogP contribution is -2.37. The lowest BCUT2D eigenvalue weighted by molar-refractivity contribution is -0.126. The van der Waals surface area contributed by atoms with Crippen LogP contribution in [0, 0.1) is 0 Å². The molecule has 0 radical (unpaired) electrons. The molecule has 0 aliphatic carbocycles. The number of nitrogens with zero attached hydrogens (tertiary/aromatic N) is 1. The van der Waals surface area contributed by atoms with Crippen molar-refractivity contribution < 1.29 is 14.3 Å². The van der Waals surface area contributed by atoms with Gasteiger partial charge in [-0.1, -0.05) is 25.5 Å². The number of hydrogen-bond acceptors (Lipinski definition) is 4. The second-order valence-corrected chi connectivity index (χ2v) is 5.55. The quantitative estimate of drug-likeness (QED) is 0.593. The molecule has 1 aromatic rings.